The van der Waals surface area contributed by atoms with E-state index in [1.165, 1.54) is 6.07 Å². The first kappa shape index (κ1) is 10.5. The molecule has 1 heterocycles. The maximum Gasteiger partial charge on any atom is 0.254 e. The number of H-pyrrole nitrogens is 1. The predicted molar refractivity (Wildman–Crippen MR) is 54.1 cm³/mol. The molecule has 0 spiro atoms. The van der Waals surface area contributed by atoms with Crippen molar-refractivity contribution in [1.29, 1.82) is 0 Å². The molecule has 6 nitrogen and oxygen atoms in total. The van der Waals surface area contributed by atoms with E-state index in [1.807, 2.05) is 0 Å². The maximum atomic E-state index is 10.9. The molecule has 0 saturated carbocycles. The molecule has 5 N–H and O–H groups in total. The molecule has 0 unspecified atom stereocenters. The molecule has 0 aliphatic rings. The van der Waals surface area contributed by atoms with Crippen molar-refractivity contribution >= 4 is 11.8 Å². The van der Waals surface area contributed by atoms with Crippen LogP contribution in [0.1, 0.15) is 12.8 Å². The molecule has 1 rings (SSSR count). The van der Waals surface area contributed by atoms with Crippen molar-refractivity contribution in [3.05, 3.63) is 16.4 Å². The predicted octanol–water partition coefficient (Wildman–Crippen LogP) is -0.463. The van der Waals surface area contributed by atoms with Crippen molar-refractivity contribution in [3.8, 4) is 0 Å². The Hall–Kier alpha value is -1.56. The fourth-order valence-corrected chi connectivity index (χ4v) is 1.02. The fourth-order valence-electron chi connectivity index (χ4n) is 1.02. The Bertz CT molecular complexity index is 336. The Balaban J connectivity index is 2.46. The van der Waals surface area contributed by atoms with Gasteiger partial charge in [0.05, 0.1) is 0 Å². The van der Waals surface area contributed by atoms with Gasteiger partial charge in [0.2, 0.25) is 5.95 Å². The summed E-state index contributed by atoms with van der Waals surface area (Å²) in [6, 6.07) is 1.34. The summed E-state index contributed by atoms with van der Waals surface area (Å²) in [5.41, 5.74) is 5.07. The highest BCUT2D eigenvalue weighted by Gasteiger charge is 1.96. The van der Waals surface area contributed by atoms with E-state index in [1.54, 1.807) is 0 Å². The van der Waals surface area contributed by atoms with Gasteiger partial charge in [0, 0.05) is 19.2 Å². The molecule has 0 aromatic carbocycles. The molecule has 1 aromatic rings. The van der Waals surface area contributed by atoms with Gasteiger partial charge in [0.25, 0.3) is 5.56 Å². The van der Waals surface area contributed by atoms with Gasteiger partial charge in [-0.3, -0.25) is 9.78 Å². The summed E-state index contributed by atoms with van der Waals surface area (Å²) < 4.78 is 0. The van der Waals surface area contributed by atoms with Crippen LogP contribution in [0.5, 0.6) is 0 Å². The number of aliphatic hydroxyl groups excluding tert-OH is 1. The van der Waals surface area contributed by atoms with Crippen LogP contribution in [0.3, 0.4) is 0 Å². The average molecular weight is 198 g/mol. The number of aliphatic hydroxyl groups is 1. The minimum Gasteiger partial charge on any atom is -0.396 e. The Morgan fingerprint density at radius 1 is 1.57 bits per heavy atom. The van der Waals surface area contributed by atoms with E-state index in [0.29, 0.717) is 12.4 Å². The van der Waals surface area contributed by atoms with Crippen molar-refractivity contribution in [2.75, 3.05) is 24.2 Å². The van der Waals surface area contributed by atoms with Gasteiger partial charge in [-0.05, 0) is 12.8 Å². The SMILES string of the molecule is Nc1nc(NCCCCO)cc(=O)[nH]1. The van der Waals surface area contributed by atoms with Crippen molar-refractivity contribution < 1.29 is 5.11 Å². The molecule has 0 bridgehead atoms. The van der Waals surface area contributed by atoms with Crippen LogP contribution in [0.4, 0.5) is 11.8 Å². The number of nitrogen functional groups attached to an aromatic ring is 1. The first-order chi connectivity index (χ1) is 6.72. The van der Waals surface area contributed by atoms with E-state index < -0.39 is 0 Å². The third kappa shape index (κ3) is 3.44. The zero-order chi connectivity index (χ0) is 10.4. The second kappa shape index (κ2) is 5.23. The van der Waals surface area contributed by atoms with Crippen molar-refractivity contribution in [2.24, 2.45) is 0 Å². The third-order valence-electron chi connectivity index (χ3n) is 1.65. The molecule has 0 aliphatic heterocycles. The lowest BCUT2D eigenvalue weighted by atomic mass is 10.3. The first-order valence-electron chi connectivity index (χ1n) is 4.44. The van der Waals surface area contributed by atoms with Crippen LogP contribution in [-0.4, -0.2) is 28.2 Å². The summed E-state index contributed by atoms with van der Waals surface area (Å²) in [5.74, 6) is 0.561. The maximum absolute atomic E-state index is 10.9. The highest BCUT2D eigenvalue weighted by atomic mass is 16.2. The highest BCUT2D eigenvalue weighted by Crippen LogP contribution is 1.99. The Morgan fingerprint density at radius 2 is 2.36 bits per heavy atom. The van der Waals surface area contributed by atoms with Gasteiger partial charge in [-0.1, -0.05) is 0 Å². The van der Waals surface area contributed by atoms with E-state index in [4.69, 9.17) is 10.8 Å². The lowest BCUT2D eigenvalue weighted by molar-refractivity contribution is 0.286. The number of aromatic nitrogens is 2. The van der Waals surface area contributed by atoms with Crippen molar-refractivity contribution in [3.63, 3.8) is 0 Å². The standard InChI is InChI=1S/C8H14N4O2/c9-8-11-6(5-7(14)12-8)10-3-1-2-4-13/h5,13H,1-4H2,(H4,9,10,11,12,14). The number of nitrogens with one attached hydrogen (secondary N) is 2. The molecular formula is C8H14N4O2. The minimum absolute atomic E-state index is 0.0992. The second-order valence-corrected chi connectivity index (χ2v) is 2.87. The van der Waals surface area contributed by atoms with Crippen molar-refractivity contribution in [2.45, 2.75) is 12.8 Å². The van der Waals surface area contributed by atoms with Gasteiger partial charge >= 0.3 is 0 Å². The monoisotopic (exact) mass is 198 g/mol. The second-order valence-electron chi connectivity index (χ2n) is 2.87. The molecular weight excluding hydrogens is 184 g/mol. The number of nitrogens with zero attached hydrogens (tertiary/aromatic N) is 1. The molecule has 0 aliphatic carbocycles. The van der Waals surface area contributed by atoms with Gasteiger partial charge in [0.15, 0.2) is 0 Å². The van der Waals surface area contributed by atoms with E-state index in [-0.39, 0.29) is 18.1 Å². The molecule has 0 radical (unpaired) electrons. The Labute approximate surface area is 81.2 Å². The number of hydrogen-bond acceptors (Lipinski definition) is 5. The highest BCUT2D eigenvalue weighted by molar-refractivity contribution is 5.37. The summed E-state index contributed by atoms with van der Waals surface area (Å²) >= 11 is 0. The Morgan fingerprint density at radius 3 is 3.00 bits per heavy atom. The fraction of sp³-hybridized carbons (Fsp3) is 0.500. The molecule has 0 amide bonds. The summed E-state index contributed by atoms with van der Waals surface area (Å²) in [4.78, 5) is 17.2. The van der Waals surface area contributed by atoms with Crippen LogP contribution in [0.2, 0.25) is 0 Å². The van der Waals surface area contributed by atoms with Crippen molar-refractivity contribution in [1.82, 2.24) is 9.97 Å². The average Bonchev–Trinajstić information content (AvgIpc) is 2.11. The number of hydrogen-bond donors (Lipinski definition) is 4. The number of rotatable bonds is 5. The molecule has 14 heavy (non-hydrogen) atoms. The van der Waals surface area contributed by atoms with Gasteiger partial charge in [-0.25, -0.2) is 0 Å². The summed E-state index contributed by atoms with van der Waals surface area (Å²) in [6.45, 7) is 0.836. The number of unbranched alkanes of at least 4 members (excludes halogenated alkanes) is 1. The molecule has 0 fully saturated rings. The van der Waals surface area contributed by atoms with Gasteiger partial charge < -0.3 is 16.2 Å². The van der Waals surface area contributed by atoms with Gasteiger partial charge in [-0.2, -0.15) is 4.98 Å². The number of nitrogens with two attached hydrogens (primary N) is 1. The summed E-state index contributed by atoms with van der Waals surface area (Å²) in [6.07, 6.45) is 1.55. The van der Waals surface area contributed by atoms with Crippen LogP contribution in [0.25, 0.3) is 0 Å². The quantitative estimate of drug-likeness (QED) is 0.479. The van der Waals surface area contributed by atoms with Crippen LogP contribution in [0.15, 0.2) is 10.9 Å². The molecule has 78 valence electrons. The first-order valence-corrected chi connectivity index (χ1v) is 4.44. The third-order valence-corrected chi connectivity index (χ3v) is 1.65. The smallest absolute Gasteiger partial charge is 0.254 e. The van der Waals surface area contributed by atoms with E-state index in [2.05, 4.69) is 15.3 Å². The lowest BCUT2D eigenvalue weighted by Crippen LogP contribution is -2.13. The molecule has 1 aromatic heterocycles. The van der Waals surface area contributed by atoms with Crippen LogP contribution in [-0.2, 0) is 0 Å². The zero-order valence-corrected chi connectivity index (χ0v) is 7.79. The van der Waals surface area contributed by atoms with E-state index >= 15 is 0 Å². The Kier molecular flexibility index (Phi) is 3.93. The molecule has 0 atom stereocenters. The van der Waals surface area contributed by atoms with Gasteiger partial charge in [0.1, 0.15) is 5.82 Å². The number of aromatic amines is 1. The summed E-state index contributed by atoms with van der Waals surface area (Å²) in [7, 11) is 0. The normalized spacial score (nSPS) is 10.1. The largest absolute Gasteiger partial charge is 0.396 e. The zero-order valence-electron chi connectivity index (χ0n) is 7.79. The van der Waals surface area contributed by atoms with Crippen LogP contribution in [0, 0.1) is 0 Å². The van der Waals surface area contributed by atoms with E-state index in [0.717, 1.165) is 12.8 Å². The number of anilines is 2. The minimum atomic E-state index is -0.276. The van der Waals surface area contributed by atoms with Crippen LogP contribution < -0.4 is 16.6 Å². The van der Waals surface area contributed by atoms with Crippen LogP contribution >= 0.6 is 0 Å². The van der Waals surface area contributed by atoms with Gasteiger partial charge in [-0.15, -0.1) is 0 Å². The molecule has 6 heteroatoms. The van der Waals surface area contributed by atoms with E-state index in [9.17, 15) is 4.79 Å². The molecule has 0 saturated heterocycles. The lowest BCUT2D eigenvalue weighted by Gasteiger charge is -2.04. The summed E-state index contributed by atoms with van der Waals surface area (Å²) in [5, 5.41) is 11.5. The topological polar surface area (TPSA) is 104 Å².